The highest BCUT2D eigenvalue weighted by Crippen LogP contribution is 2.50. The van der Waals surface area contributed by atoms with Crippen LogP contribution in [0.5, 0.6) is 0 Å². The smallest absolute Gasteiger partial charge is 0.252 e. The lowest BCUT2D eigenvalue weighted by molar-refractivity contribution is 0.591. The minimum atomic E-state index is -0.0561. The van der Waals surface area contributed by atoms with Crippen LogP contribution in [-0.4, -0.2) is 6.71 Å². The molecule has 70 heavy (non-hydrogen) atoms. The zero-order chi connectivity index (χ0) is 47.5. The number of rotatable bonds is 8. The molecule has 4 heteroatoms. The Kier molecular flexibility index (Phi) is 10.6. The van der Waals surface area contributed by atoms with Gasteiger partial charge in [-0.05, 0) is 136 Å². The van der Waals surface area contributed by atoms with E-state index in [-0.39, 0.29) is 12.1 Å². The first-order valence-corrected chi connectivity index (χ1v) is 24.5. The summed E-state index contributed by atoms with van der Waals surface area (Å²) in [7, 11) is 0. The van der Waals surface area contributed by atoms with Gasteiger partial charge in [0.1, 0.15) is 0 Å². The number of aryl methyl sites for hydroxylation is 2. The highest BCUT2D eigenvalue weighted by Gasteiger charge is 2.45. The van der Waals surface area contributed by atoms with Gasteiger partial charge in [0.15, 0.2) is 0 Å². The van der Waals surface area contributed by atoms with Crippen molar-refractivity contribution in [2.75, 3.05) is 14.7 Å². The van der Waals surface area contributed by atoms with Gasteiger partial charge in [-0.15, -0.1) is 0 Å². The molecule has 0 amide bonds. The molecule has 336 valence electrons. The van der Waals surface area contributed by atoms with Crippen molar-refractivity contribution in [1.82, 2.24) is 0 Å². The van der Waals surface area contributed by atoms with Crippen LogP contribution in [0.1, 0.15) is 37.5 Å². The number of nitrogens with zero attached hydrogens (tertiary/aromatic N) is 3. The van der Waals surface area contributed by atoms with Gasteiger partial charge < -0.3 is 14.7 Å². The molecule has 0 radical (unpaired) electrons. The molecule has 3 nitrogen and oxygen atoms in total. The summed E-state index contributed by atoms with van der Waals surface area (Å²) in [5.74, 6) is 0. The maximum atomic E-state index is 2.58. The number of benzene rings is 10. The molecule has 0 aliphatic carbocycles. The largest absolute Gasteiger partial charge is 0.311 e. The predicted octanol–water partition coefficient (Wildman–Crippen LogP) is 16.2. The monoisotopic (exact) mass is 899 g/mol. The third-order valence-electron chi connectivity index (χ3n) is 14.3. The minimum Gasteiger partial charge on any atom is -0.311 e. The van der Waals surface area contributed by atoms with E-state index in [0.717, 1.165) is 34.1 Å². The van der Waals surface area contributed by atoms with E-state index >= 15 is 0 Å². The summed E-state index contributed by atoms with van der Waals surface area (Å²) < 4.78 is 0. The number of hydrogen-bond donors (Lipinski definition) is 0. The van der Waals surface area contributed by atoms with Crippen molar-refractivity contribution in [3.05, 3.63) is 253 Å². The molecule has 10 aromatic carbocycles. The molecule has 2 aliphatic rings. The first-order valence-electron chi connectivity index (χ1n) is 24.5. The Morgan fingerprint density at radius 2 is 0.829 bits per heavy atom. The highest BCUT2D eigenvalue weighted by atomic mass is 15.2. The Balaban J connectivity index is 1.18. The molecule has 10 aromatic rings. The van der Waals surface area contributed by atoms with Gasteiger partial charge in [-0.1, -0.05) is 202 Å². The SMILES string of the molecule is Cc1ccc(N2c3ccc(C)cc3B3c4cc(C(C)(C)C)ccc4N(c4ccccc4-c4ccccc4)c4cc(N(c5ccc(-c6ccccc6)cc5)c5ccc(-c6ccccc6)cc5)cc2c43)cc1. The predicted molar refractivity (Wildman–Crippen MR) is 300 cm³/mol. The summed E-state index contributed by atoms with van der Waals surface area (Å²) in [6, 6.07) is 87.7. The normalized spacial score (nSPS) is 12.6. The van der Waals surface area contributed by atoms with E-state index in [4.69, 9.17) is 0 Å². The average Bonchev–Trinajstić information content (AvgIpc) is 3.40. The van der Waals surface area contributed by atoms with Gasteiger partial charge in [0.05, 0.1) is 11.4 Å². The average molecular weight is 900 g/mol. The van der Waals surface area contributed by atoms with E-state index in [2.05, 4.69) is 286 Å². The van der Waals surface area contributed by atoms with E-state index in [1.807, 2.05) is 0 Å². The summed E-state index contributed by atoms with van der Waals surface area (Å²) in [6.07, 6.45) is 0. The molecule has 0 saturated carbocycles. The van der Waals surface area contributed by atoms with Crippen LogP contribution in [0.3, 0.4) is 0 Å². The second-order valence-electron chi connectivity index (χ2n) is 20.0. The maximum absolute atomic E-state index is 2.58. The third-order valence-corrected chi connectivity index (χ3v) is 14.3. The Morgan fingerprint density at radius 1 is 0.357 bits per heavy atom. The molecule has 0 N–H and O–H groups in total. The topological polar surface area (TPSA) is 9.72 Å². The molecule has 0 unspecified atom stereocenters. The fourth-order valence-electron chi connectivity index (χ4n) is 10.8. The number of fused-ring (bicyclic) bond motifs is 4. The molecule has 0 bridgehead atoms. The number of anilines is 9. The van der Waals surface area contributed by atoms with Crippen LogP contribution >= 0.6 is 0 Å². The molecule has 0 fully saturated rings. The van der Waals surface area contributed by atoms with Crippen LogP contribution in [-0.2, 0) is 5.41 Å². The van der Waals surface area contributed by atoms with Crippen molar-refractivity contribution in [3.8, 4) is 33.4 Å². The summed E-state index contributed by atoms with van der Waals surface area (Å²) in [4.78, 5) is 7.56. The van der Waals surface area contributed by atoms with Gasteiger partial charge in [0, 0.05) is 45.4 Å². The molecule has 0 spiro atoms. The van der Waals surface area contributed by atoms with Crippen LogP contribution in [0.2, 0.25) is 0 Å². The Hall–Kier alpha value is -8.34. The van der Waals surface area contributed by atoms with Gasteiger partial charge in [-0.3, -0.25) is 0 Å². The first kappa shape index (κ1) is 43.0. The summed E-state index contributed by atoms with van der Waals surface area (Å²) in [5.41, 5.74) is 25.0. The molecule has 2 heterocycles. The van der Waals surface area contributed by atoms with Crippen LogP contribution < -0.4 is 31.1 Å². The van der Waals surface area contributed by atoms with Gasteiger partial charge in [-0.2, -0.15) is 0 Å². The van der Waals surface area contributed by atoms with Crippen LogP contribution in [0, 0.1) is 13.8 Å². The quantitative estimate of drug-likeness (QED) is 0.141. The minimum absolute atomic E-state index is 0.0307. The van der Waals surface area contributed by atoms with E-state index in [1.54, 1.807) is 0 Å². The van der Waals surface area contributed by atoms with Crippen molar-refractivity contribution in [3.63, 3.8) is 0 Å². The standard InChI is InChI=1S/C66H54BN3/c1-45-25-33-55(34-26-45)69-61-39-27-46(2)41-58(61)67-59-42-52(66(3,4)5)32-40-62(59)70(60-24-16-15-23-57(60)51-21-13-8-14-22-51)64-44-56(43-63(69)65(64)67)68(53-35-28-49(29-36-53)47-17-9-6-10-18-47)54-37-30-50(31-38-54)48-19-11-7-12-20-48/h6-44H,1-5H3. The molecule has 0 atom stereocenters. The first-order chi connectivity index (χ1) is 34.2. The van der Waals surface area contributed by atoms with Crippen LogP contribution in [0.4, 0.5) is 51.2 Å². The zero-order valence-electron chi connectivity index (χ0n) is 40.4. The van der Waals surface area contributed by atoms with Crippen molar-refractivity contribution < 1.29 is 0 Å². The van der Waals surface area contributed by atoms with E-state index < -0.39 is 0 Å². The summed E-state index contributed by atoms with van der Waals surface area (Å²) in [5, 5.41) is 0. The molecule has 0 saturated heterocycles. The van der Waals surface area contributed by atoms with Crippen molar-refractivity contribution >= 4 is 74.3 Å². The summed E-state index contributed by atoms with van der Waals surface area (Å²) in [6.45, 7) is 11.4. The molecule has 12 rings (SSSR count). The number of hydrogen-bond acceptors (Lipinski definition) is 3. The molecule has 2 aliphatic heterocycles. The van der Waals surface area contributed by atoms with Crippen molar-refractivity contribution in [1.29, 1.82) is 0 Å². The lowest BCUT2D eigenvalue weighted by Crippen LogP contribution is -2.61. The van der Waals surface area contributed by atoms with Crippen LogP contribution in [0.25, 0.3) is 33.4 Å². The van der Waals surface area contributed by atoms with E-state index in [9.17, 15) is 0 Å². The number of para-hydroxylation sites is 1. The fraction of sp³-hybridized carbons (Fsp3) is 0.0909. The highest BCUT2D eigenvalue weighted by molar-refractivity contribution is 7.00. The second-order valence-corrected chi connectivity index (χ2v) is 20.0. The van der Waals surface area contributed by atoms with Gasteiger partial charge >= 0.3 is 0 Å². The Morgan fingerprint density at radius 3 is 1.41 bits per heavy atom. The third kappa shape index (κ3) is 7.57. The fourth-order valence-corrected chi connectivity index (χ4v) is 10.8. The van der Waals surface area contributed by atoms with Crippen molar-refractivity contribution in [2.24, 2.45) is 0 Å². The Bertz CT molecular complexity index is 3440. The second kappa shape index (κ2) is 17.3. The van der Waals surface area contributed by atoms with Crippen molar-refractivity contribution in [2.45, 2.75) is 40.0 Å². The van der Waals surface area contributed by atoms with Gasteiger partial charge in [0.25, 0.3) is 6.71 Å². The maximum Gasteiger partial charge on any atom is 0.252 e. The van der Waals surface area contributed by atoms with Gasteiger partial charge in [0.2, 0.25) is 0 Å². The van der Waals surface area contributed by atoms with E-state index in [0.29, 0.717) is 0 Å². The molecular formula is C66H54BN3. The summed E-state index contributed by atoms with van der Waals surface area (Å²) >= 11 is 0. The van der Waals surface area contributed by atoms with Gasteiger partial charge in [-0.25, -0.2) is 0 Å². The van der Waals surface area contributed by atoms with Crippen LogP contribution in [0.15, 0.2) is 237 Å². The van der Waals surface area contributed by atoms with E-state index in [1.165, 1.54) is 83.5 Å². The lowest BCUT2D eigenvalue weighted by atomic mass is 9.33. The molecular weight excluding hydrogens is 846 g/mol. The molecule has 0 aromatic heterocycles. The Labute approximate surface area is 413 Å². The lowest BCUT2D eigenvalue weighted by Gasteiger charge is -2.45. The zero-order valence-corrected chi connectivity index (χ0v) is 40.4.